The van der Waals surface area contributed by atoms with E-state index in [9.17, 15) is 0 Å². The van der Waals surface area contributed by atoms with Gasteiger partial charge in [0.2, 0.25) is 0 Å². The molecule has 4 heteroatoms. The van der Waals surface area contributed by atoms with Gasteiger partial charge in [-0.15, -0.1) is 0 Å². The summed E-state index contributed by atoms with van der Waals surface area (Å²) in [6, 6.07) is 1.26. The van der Waals surface area contributed by atoms with Crippen LogP contribution >= 0.6 is 0 Å². The summed E-state index contributed by atoms with van der Waals surface area (Å²) in [6.45, 7) is 8.13. The third-order valence-corrected chi connectivity index (χ3v) is 5.77. The Bertz CT molecular complexity index is 374. The third kappa shape index (κ3) is 3.71. The Balaban J connectivity index is 1.41. The molecule has 0 unspecified atom stereocenters. The number of hydrogen-bond donors (Lipinski definition) is 2. The third-order valence-electron chi connectivity index (χ3n) is 5.77. The van der Waals surface area contributed by atoms with Crippen molar-refractivity contribution in [3.63, 3.8) is 0 Å². The molecule has 0 radical (unpaired) electrons. The van der Waals surface area contributed by atoms with Gasteiger partial charge < -0.3 is 15.5 Å². The first kappa shape index (κ1) is 15.1. The molecule has 0 bridgehead atoms. The zero-order chi connectivity index (χ0) is 14.9. The van der Waals surface area contributed by atoms with Crippen LogP contribution < -0.4 is 10.6 Å². The number of likely N-dealkylation sites (tertiary alicyclic amines) is 1. The molecule has 1 saturated heterocycles. The molecule has 1 heterocycles. The van der Waals surface area contributed by atoms with E-state index < -0.39 is 0 Å². The van der Waals surface area contributed by atoms with Crippen molar-refractivity contribution in [2.24, 2.45) is 16.3 Å². The van der Waals surface area contributed by atoms with Gasteiger partial charge in [-0.1, -0.05) is 0 Å². The van der Waals surface area contributed by atoms with Crippen molar-refractivity contribution >= 4 is 5.96 Å². The normalized spacial score (nSPS) is 27.0. The van der Waals surface area contributed by atoms with E-state index in [4.69, 9.17) is 0 Å². The lowest BCUT2D eigenvalue weighted by atomic mass is 10.0. The van der Waals surface area contributed by atoms with E-state index in [2.05, 4.69) is 34.4 Å². The van der Waals surface area contributed by atoms with Crippen molar-refractivity contribution in [2.75, 3.05) is 26.7 Å². The van der Waals surface area contributed by atoms with E-state index >= 15 is 0 Å². The predicted octanol–water partition coefficient (Wildman–Crippen LogP) is 2.21. The number of guanidine groups is 1. The Kier molecular flexibility index (Phi) is 4.43. The zero-order valence-corrected chi connectivity index (χ0v) is 14.0. The molecule has 120 valence electrons. The number of aliphatic imine (C=N–C) groups is 1. The van der Waals surface area contributed by atoms with Crippen LogP contribution in [0.5, 0.6) is 0 Å². The zero-order valence-electron chi connectivity index (χ0n) is 14.0. The molecule has 0 atom stereocenters. The lowest BCUT2D eigenvalue weighted by Gasteiger charge is -2.35. The van der Waals surface area contributed by atoms with Crippen LogP contribution in [-0.2, 0) is 0 Å². The van der Waals surface area contributed by atoms with E-state index in [1.807, 2.05) is 7.05 Å². The minimum absolute atomic E-state index is 0.585. The van der Waals surface area contributed by atoms with Crippen LogP contribution in [0.2, 0.25) is 0 Å². The lowest BCUT2D eigenvalue weighted by molar-refractivity contribution is 0.167. The average Bonchev–Trinajstić information content (AvgIpc) is 3.37. The first-order chi connectivity index (χ1) is 10.1. The first-order valence-electron chi connectivity index (χ1n) is 8.84. The summed E-state index contributed by atoms with van der Waals surface area (Å²) in [5, 5.41) is 7.24. The molecule has 0 spiro atoms. The second-order valence-electron chi connectivity index (χ2n) is 7.61. The molecule has 3 rings (SSSR count). The highest BCUT2D eigenvalue weighted by Crippen LogP contribution is 2.60. The Morgan fingerprint density at radius 3 is 2.33 bits per heavy atom. The minimum atomic E-state index is 0.585. The Morgan fingerprint density at radius 1 is 1.19 bits per heavy atom. The van der Waals surface area contributed by atoms with E-state index in [0.717, 1.165) is 18.4 Å². The van der Waals surface area contributed by atoms with Crippen LogP contribution in [0.15, 0.2) is 4.99 Å². The maximum absolute atomic E-state index is 4.43. The Labute approximate surface area is 129 Å². The van der Waals surface area contributed by atoms with Crippen molar-refractivity contribution in [1.29, 1.82) is 0 Å². The molecule has 1 aliphatic heterocycles. The van der Waals surface area contributed by atoms with Gasteiger partial charge in [0.15, 0.2) is 5.96 Å². The molecule has 0 aromatic heterocycles. The molecular formula is C17H32N4. The molecule has 0 aromatic rings. The summed E-state index contributed by atoms with van der Waals surface area (Å²) in [6.07, 6.45) is 8.23. The number of piperidine rings is 1. The van der Waals surface area contributed by atoms with Crippen LogP contribution in [0.3, 0.4) is 0 Å². The number of nitrogens with zero attached hydrogens (tertiary/aromatic N) is 2. The summed E-state index contributed by atoms with van der Waals surface area (Å²) in [5.41, 5.74) is 0.638. The van der Waals surface area contributed by atoms with Gasteiger partial charge in [-0.3, -0.25) is 4.99 Å². The van der Waals surface area contributed by atoms with Gasteiger partial charge in [0.25, 0.3) is 0 Å². The fourth-order valence-electron chi connectivity index (χ4n) is 3.79. The quantitative estimate of drug-likeness (QED) is 0.603. The largest absolute Gasteiger partial charge is 0.356 e. The molecule has 2 N–H and O–H groups in total. The average molecular weight is 292 g/mol. The van der Waals surface area contributed by atoms with Crippen molar-refractivity contribution < 1.29 is 0 Å². The molecule has 3 aliphatic rings. The number of nitrogens with one attached hydrogen (secondary N) is 2. The van der Waals surface area contributed by atoms with Crippen molar-refractivity contribution in [3.8, 4) is 0 Å². The van der Waals surface area contributed by atoms with Gasteiger partial charge in [-0.2, -0.15) is 0 Å². The molecule has 3 fully saturated rings. The van der Waals surface area contributed by atoms with Crippen LogP contribution in [0, 0.1) is 11.3 Å². The van der Waals surface area contributed by atoms with E-state index in [-0.39, 0.29) is 0 Å². The topological polar surface area (TPSA) is 39.7 Å². The van der Waals surface area contributed by atoms with Crippen LogP contribution in [0.25, 0.3) is 0 Å². The first-order valence-corrected chi connectivity index (χ1v) is 8.84. The molecule has 0 amide bonds. The van der Waals surface area contributed by atoms with Gasteiger partial charge in [0, 0.05) is 38.8 Å². The second-order valence-corrected chi connectivity index (χ2v) is 7.61. The highest BCUT2D eigenvalue weighted by molar-refractivity contribution is 5.80. The second kappa shape index (κ2) is 6.15. The standard InChI is InChI=1S/C17H32N4/c1-13(2)21-10-6-15(7-11-21)20-16(18-3)19-12-17(8-9-17)14-4-5-14/h13-15H,4-12H2,1-3H3,(H2,18,19,20). The molecule has 4 nitrogen and oxygen atoms in total. The van der Waals surface area contributed by atoms with Gasteiger partial charge >= 0.3 is 0 Å². The fraction of sp³-hybridized carbons (Fsp3) is 0.941. The summed E-state index contributed by atoms with van der Waals surface area (Å²) in [7, 11) is 1.90. The maximum Gasteiger partial charge on any atom is 0.191 e. The fourth-order valence-corrected chi connectivity index (χ4v) is 3.79. The summed E-state index contributed by atoms with van der Waals surface area (Å²) >= 11 is 0. The van der Waals surface area contributed by atoms with Crippen LogP contribution in [0.4, 0.5) is 0 Å². The predicted molar refractivity (Wildman–Crippen MR) is 88.6 cm³/mol. The van der Waals surface area contributed by atoms with Gasteiger partial charge in [0.1, 0.15) is 0 Å². The van der Waals surface area contributed by atoms with Crippen LogP contribution in [0.1, 0.15) is 52.4 Å². The van der Waals surface area contributed by atoms with E-state index in [1.54, 1.807) is 0 Å². The van der Waals surface area contributed by atoms with Crippen molar-refractivity contribution in [1.82, 2.24) is 15.5 Å². The molecule has 0 aromatic carbocycles. The highest BCUT2D eigenvalue weighted by Gasteiger charge is 2.53. The highest BCUT2D eigenvalue weighted by atomic mass is 15.2. The van der Waals surface area contributed by atoms with Crippen molar-refractivity contribution in [2.45, 2.75) is 64.5 Å². The molecule has 2 aliphatic carbocycles. The number of hydrogen-bond acceptors (Lipinski definition) is 2. The molecule has 21 heavy (non-hydrogen) atoms. The monoisotopic (exact) mass is 292 g/mol. The maximum atomic E-state index is 4.43. The lowest BCUT2D eigenvalue weighted by Crippen LogP contribution is -2.50. The van der Waals surface area contributed by atoms with Gasteiger partial charge in [-0.25, -0.2) is 0 Å². The smallest absolute Gasteiger partial charge is 0.191 e. The Hall–Kier alpha value is -0.770. The van der Waals surface area contributed by atoms with Gasteiger partial charge in [-0.05, 0) is 63.7 Å². The summed E-state index contributed by atoms with van der Waals surface area (Å²) < 4.78 is 0. The van der Waals surface area contributed by atoms with Crippen molar-refractivity contribution in [3.05, 3.63) is 0 Å². The molecule has 2 saturated carbocycles. The van der Waals surface area contributed by atoms with E-state index in [1.165, 1.54) is 51.6 Å². The van der Waals surface area contributed by atoms with Crippen LogP contribution in [-0.4, -0.2) is 49.6 Å². The molecular weight excluding hydrogens is 260 g/mol. The van der Waals surface area contributed by atoms with Gasteiger partial charge in [0.05, 0.1) is 0 Å². The number of rotatable bonds is 5. The summed E-state index contributed by atoms with van der Waals surface area (Å²) in [4.78, 5) is 7.00. The Morgan fingerprint density at radius 2 is 1.86 bits per heavy atom. The SMILES string of the molecule is CN=C(NCC1(C2CC2)CC1)NC1CCN(C(C)C)CC1. The van der Waals surface area contributed by atoms with E-state index in [0.29, 0.717) is 17.5 Å². The summed E-state index contributed by atoms with van der Waals surface area (Å²) in [5.74, 6) is 2.03. The minimum Gasteiger partial charge on any atom is -0.356 e.